The van der Waals surface area contributed by atoms with E-state index < -0.39 is 0 Å². The smallest absolute Gasteiger partial charge is 0.161 e. The highest BCUT2D eigenvalue weighted by atomic mass is 79.9. The van der Waals surface area contributed by atoms with Crippen LogP contribution < -0.4 is 15.2 Å². The molecule has 0 fully saturated rings. The van der Waals surface area contributed by atoms with Crippen LogP contribution in [0.1, 0.15) is 17.3 Å². The van der Waals surface area contributed by atoms with E-state index in [1.165, 1.54) is 0 Å². The first kappa shape index (κ1) is 12.5. The minimum absolute atomic E-state index is 0.0159. The topological polar surface area (TPSA) is 73.2 Å². The SMILES string of the molecule is NCC(c1ccc2c(c1)OCCO2)c1ncc(Br)[nH]1. The van der Waals surface area contributed by atoms with Gasteiger partial charge in [-0.3, -0.25) is 0 Å². The molecule has 1 aliphatic rings. The summed E-state index contributed by atoms with van der Waals surface area (Å²) in [6.07, 6.45) is 1.73. The number of hydrogen-bond acceptors (Lipinski definition) is 4. The van der Waals surface area contributed by atoms with Gasteiger partial charge in [-0.1, -0.05) is 6.07 Å². The predicted molar refractivity (Wildman–Crippen MR) is 74.6 cm³/mol. The Morgan fingerprint density at radius 1 is 1.32 bits per heavy atom. The Labute approximate surface area is 119 Å². The largest absolute Gasteiger partial charge is 0.486 e. The Kier molecular flexibility index (Phi) is 3.44. The first-order valence-electron chi connectivity index (χ1n) is 6.08. The molecule has 2 aromatic rings. The number of nitrogens with zero attached hydrogens (tertiary/aromatic N) is 1. The number of fused-ring (bicyclic) bond motifs is 1. The van der Waals surface area contributed by atoms with Crippen LogP contribution in [0.3, 0.4) is 0 Å². The van der Waals surface area contributed by atoms with Gasteiger partial charge in [0.2, 0.25) is 0 Å². The molecule has 0 spiro atoms. The fraction of sp³-hybridized carbons (Fsp3) is 0.308. The fourth-order valence-corrected chi connectivity index (χ4v) is 2.48. The lowest BCUT2D eigenvalue weighted by atomic mass is 9.98. The van der Waals surface area contributed by atoms with Gasteiger partial charge in [-0.15, -0.1) is 0 Å². The van der Waals surface area contributed by atoms with E-state index >= 15 is 0 Å². The van der Waals surface area contributed by atoms with Gasteiger partial charge >= 0.3 is 0 Å². The van der Waals surface area contributed by atoms with E-state index in [1.54, 1.807) is 6.20 Å². The molecule has 0 saturated heterocycles. The lowest BCUT2D eigenvalue weighted by Gasteiger charge is -2.20. The van der Waals surface area contributed by atoms with E-state index in [0.717, 1.165) is 27.5 Å². The molecule has 1 atom stereocenters. The van der Waals surface area contributed by atoms with E-state index in [9.17, 15) is 0 Å². The Morgan fingerprint density at radius 3 is 2.79 bits per heavy atom. The second kappa shape index (κ2) is 5.22. The van der Waals surface area contributed by atoms with Crippen molar-refractivity contribution in [3.63, 3.8) is 0 Å². The van der Waals surface area contributed by atoms with Crippen LogP contribution in [0.4, 0.5) is 0 Å². The molecule has 0 radical (unpaired) electrons. The molecule has 6 heteroatoms. The van der Waals surface area contributed by atoms with Crippen molar-refractivity contribution in [2.75, 3.05) is 19.8 Å². The average Bonchev–Trinajstić information content (AvgIpc) is 2.86. The van der Waals surface area contributed by atoms with Gasteiger partial charge in [0.15, 0.2) is 11.5 Å². The Balaban J connectivity index is 1.95. The molecule has 1 aromatic carbocycles. The fourth-order valence-electron chi connectivity index (χ4n) is 2.17. The molecule has 1 aromatic heterocycles. The summed E-state index contributed by atoms with van der Waals surface area (Å²) in [7, 11) is 0. The number of benzene rings is 1. The second-order valence-corrected chi connectivity index (χ2v) is 5.16. The number of aromatic nitrogens is 2. The summed E-state index contributed by atoms with van der Waals surface area (Å²) in [6, 6.07) is 5.90. The summed E-state index contributed by atoms with van der Waals surface area (Å²) in [5.41, 5.74) is 6.94. The molecule has 0 aliphatic carbocycles. The van der Waals surface area contributed by atoms with Crippen LogP contribution in [-0.2, 0) is 0 Å². The Bertz CT molecular complexity index is 585. The lowest BCUT2D eigenvalue weighted by Crippen LogP contribution is -2.18. The van der Waals surface area contributed by atoms with Gasteiger partial charge in [-0.25, -0.2) is 4.98 Å². The highest BCUT2D eigenvalue weighted by molar-refractivity contribution is 9.10. The highest BCUT2D eigenvalue weighted by Gasteiger charge is 2.19. The number of nitrogens with one attached hydrogen (secondary N) is 1. The third-order valence-electron chi connectivity index (χ3n) is 3.10. The van der Waals surface area contributed by atoms with E-state index in [1.807, 2.05) is 18.2 Å². The number of hydrogen-bond donors (Lipinski definition) is 2. The Hall–Kier alpha value is -1.53. The number of nitrogens with two attached hydrogens (primary N) is 1. The van der Waals surface area contributed by atoms with Gasteiger partial charge in [-0.2, -0.15) is 0 Å². The van der Waals surface area contributed by atoms with Crippen LogP contribution in [-0.4, -0.2) is 29.7 Å². The first-order valence-corrected chi connectivity index (χ1v) is 6.87. The van der Waals surface area contributed by atoms with E-state index in [-0.39, 0.29) is 5.92 Å². The Morgan fingerprint density at radius 2 is 2.11 bits per heavy atom. The van der Waals surface area contributed by atoms with Crippen LogP contribution in [0.5, 0.6) is 11.5 Å². The number of aromatic amines is 1. The predicted octanol–water partition coefficient (Wildman–Crippen LogP) is 2.03. The summed E-state index contributed by atoms with van der Waals surface area (Å²) < 4.78 is 12.0. The van der Waals surface area contributed by atoms with Crippen molar-refractivity contribution in [3.05, 3.63) is 40.4 Å². The summed E-state index contributed by atoms with van der Waals surface area (Å²) in [6.45, 7) is 1.65. The molecule has 3 rings (SSSR count). The van der Waals surface area contributed by atoms with Crippen LogP contribution in [0.15, 0.2) is 29.0 Å². The molecule has 0 saturated carbocycles. The lowest BCUT2D eigenvalue weighted by molar-refractivity contribution is 0.171. The molecule has 100 valence electrons. The van der Waals surface area contributed by atoms with Crippen LogP contribution in [0.2, 0.25) is 0 Å². The van der Waals surface area contributed by atoms with Crippen molar-refractivity contribution in [3.8, 4) is 11.5 Å². The van der Waals surface area contributed by atoms with Crippen molar-refractivity contribution in [2.45, 2.75) is 5.92 Å². The van der Waals surface area contributed by atoms with Gasteiger partial charge in [0.05, 0.1) is 12.1 Å². The third kappa shape index (κ3) is 2.46. The van der Waals surface area contributed by atoms with Gasteiger partial charge in [0.1, 0.15) is 23.6 Å². The molecule has 5 nitrogen and oxygen atoms in total. The summed E-state index contributed by atoms with van der Waals surface area (Å²) in [4.78, 5) is 7.48. The molecule has 2 heterocycles. The van der Waals surface area contributed by atoms with E-state index in [4.69, 9.17) is 15.2 Å². The highest BCUT2D eigenvalue weighted by Crippen LogP contribution is 2.34. The minimum Gasteiger partial charge on any atom is -0.486 e. The second-order valence-electron chi connectivity index (χ2n) is 4.31. The van der Waals surface area contributed by atoms with Crippen LogP contribution in [0.25, 0.3) is 0 Å². The molecular formula is C13H14BrN3O2. The monoisotopic (exact) mass is 323 g/mol. The van der Waals surface area contributed by atoms with Crippen molar-refractivity contribution in [1.82, 2.24) is 9.97 Å². The molecule has 3 N–H and O–H groups in total. The number of halogens is 1. The first-order chi connectivity index (χ1) is 9.28. The van der Waals surface area contributed by atoms with Crippen molar-refractivity contribution < 1.29 is 9.47 Å². The van der Waals surface area contributed by atoms with Gasteiger partial charge in [0, 0.05) is 6.54 Å². The van der Waals surface area contributed by atoms with E-state index in [0.29, 0.717) is 19.8 Å². The van der Waals surface area contributed by atoms with Gasteiger partial charge in [0.25, 0.3) is 0 Å². The number of imidazole rings is 1. The van der Waals surface area contributed by atoms with Crippen molar-refractivity contribution >= 4 is 15.9 Å². The zero-order valence-electron chi connectivity index (χ0n) is 10.2. The molecular weight excluding hydrogens is 310 g/mol. The molecule has 1 aliphatic heterocycles. The molecule has 0 amide bonds. The van der Waals surface area contributed by atoms with Crippen molar-refractivity contribution in [2.24, 2.45) is 5.73 Å². The van der Waals surface area contributed by atoms with Crippen molar-refractivity contribution in [1.29, 1.82) is 0 Å². The third-order valence-corrected chi connectivity index (χ3v) is 3.50. The maximum Gasteiger partial charge on any atom is 0.161 e. The van der Waals surface area contributed by atoms with Gasteiger partial charge in [-0.05, 0) is 33.6 Å². The molecule has 1 unspecified atom stereocenters. The number of H-pyrrole nitrogens is 1. The van der Waals surface area contributed by atoms with Gasteiger partial charge < -0.3 is 20.2 Å². The standard InChI is InChI=1S/C13H14BrN3O2/c14-12-7-16-13(17-12)9(6-15)8-1-2-10-11(5-8)19-4-3-18-10/h1-2,5,7,9H,3-4,6,15H2,(H,16,17). The van der Waals surface area contributed by atoms with Crippen LogP contribution in [0, 0.1) is 0 Å². The molecule has 19 heavy (non-hydrogen) atoms. The molecule has 0 bridgehead atoms. The zero-order valence-corrected chi connectivity index (χ0v) is 11.8. The minimum atomic E-state index is 0.0159. The summed E-state index contributed by atoms with van der Waals surface area (Å²) >= 11 is 3.36. The zero-order chi connectivity index (χ0) is 13.2. The maximum atomic E-state index is 5.87. The van der Waals surface area contributed by atoms with E-state index in [2.05, 4.69) is 25.9 Å². The average molecular weight is 324 g/mol. The quantitative estimate of drug-likeness (QED) is 0.906. The maximum absolute atomic E-state index is 5.87. The number of ether oxygens (including phenoxy) is 2. The normalized spacial score (nSPS) is 15.3. The van der Waals surface area contributed by atoms with Crippen LogP contribution >= 0.6 is 15.9 Å². The number of rotatable bonds is 3. The summed E-state index contributed by atoms with van der Waals surface area (Å²) in [5, 5.41) is 0. The summed E-state index contributed by atoms with van der Waals surface area (Å²) in [5.74, 6) is 2.41.